The molecule has 0 bridgehead atoms. The number of esters is 1. The molecule has 1 fully saturated rings. The number of hydroxylamine groups is 1. The van der Waals surface area contributed by atoms with Crippen LogP contribution in [0.5, 0.6) is 0 Å². The van der Waals surface area contributed by atoms with E-state index in [2.05, 4.69) is 5.48 Å². The lowest BCUT2D eigenvalue weighted by atomic mass is 9.83. The molecule has 0 aromatic heterocycles. The van der Waals surface area contributed by atoms with Crippen LogP contribution < -0.4 is 5.48 Å². The Morgan fingerprint density at radius 2 is 2.00 bits per heavy atom. The maximum absolute atomic E-state index is 11.3. The monoisotopic (exact) mass is 243 g/mol. The molecule has 0 saturated heterocycles. The first-order chi connectivity index (χ1) is 8.11. The van der Waals surface area contributed by atoms with Crippen molar-refractivity contribution < 1.29 is 14.7 Å². The third kappa shape index (κ3) is 6.03. The third-order valence-electron chi connectivity index (χ3n) is 3.39. The van der Waals surface area contributed by atoms with Crippen molar-refractivity contribution >= 4 is 5.97 Å². The highest BCUT2D eigenvalue weighted by Gasteiger charge is 2.20. The molecule has 0 amide bonds. The molecule has 1 aliphatic rings. The lowest BCUT2D eigenvalue weighted by Gasteiger charge is -2.27. The van der Waals surface area contributed by atoms with Crippen LogP contribution in [0.1, 0.15) is 58.8 Å². The molecule has 4 heteroatoms. The van der Waals surface area contributed by atoms with E-state index in [9.17, 15) is 4.79 Å². The Labute approximate surface area is 104 Å². The number of hydrogen-bond donors (Lipinski definition) is 2. The van der Waals surface area contributed by atoms with Gasteiger partial charge < -0.3 is 9.94 Å². The van der Waals surface area contributed by atoms with Gasteiger partial charge in [0.2, 0.25) is 0 Å². The quantitative estimate of drug-likeness (QED) is 0.556. The number of hydrogen-bond acceptors (Lipinski definition) is 4. The summed E-state index contributed by atoms with van der Waals surface area (Å²) in [4.78, 5) is 11.3. The largest absolute Gasteiger partial charge is 0.463 e. The zero-order valence-corrected chi connectivity index (χ0v) is 10.9. The molecule has 0 atom stereocenters. The lowest BCUT2D eigenvalue weighted by molar-refractivity contribution is -0.147. The van der Waals surface area contributed by atoms with E-state index in [4.69, 9.17) is 9.94 Å². The first-order valence-electron chi connectivity index (χ1n) is 6.71. The van der Waals surface area contributed by atoms with E-state index in [-0.39, 0.29) is 18.1 Å². The summed E-state index contributed by atoms with van der Waals surface area (Å²) in [7, 11) is 0. The van der Waals surface area contributed by atoms with Crippen LogP contribution in [0, 0.1) is 5.92 Å². The molecule has 0 aromatic carbocycles. The summed E-state index contributed by atoms with van der Waals surface area (Å²) >= 11 is 0. The Balaban J connectivity index is 2.05. The van der Waals surface area contributed by atoms with E-state index in [1.165, 1.54) is 0 Å². The maximum Gasteiger partial charge on any atom is 0.306 e. The van der Waals surface area contributed by atoms with Gasteiger partial charge in [-0.2, -0.15) is 0 Å². The van der Waals surface area contributed by atoms with Crippen molar-refractivity contribution in [1.29, 1.82) is 0 Å². The fourth-order valence-electron chi connectivity index (χ4n) is 2.44. The van der Waals surface area contributed by atoms with Crippen molar-refractivity contribution in [1.82, 2.24) is 5.48 Å². The molecule has 0 radical (unpaired) electrons. The van der Waals surface area contributed by atoms with Gasteiger partial charge in [0.15, 0.2) is 0 Å². The van der Waals surface area contributed by atoms with E-state index >= 15 is 0 Å². The lowest BCUT2D eigenvalue weighted by Crippen LogP contribution is -2.30. The molecular weight excluding hydrogens is 218 g/mol. The van der Waals surface area contributed by atoms with Gasteiger partial charge >= 0.3 is 5.97 Å². The minimum Gasteiger partial charge on any atom is -0.463 e. The van der Waals surface area contributed by atoms with Crippen LogP contribution in [-0.4, -0.2) is 23.3 Å². The van der Waals surface area contributed by atoms with Crippen LogP contribution in [0.25, 0.3) is 0 Å². The van der Waals surface area contributed by atoms with Gasteiger partial charge in [-0.15, -0.1) is 0 Å². The molecule has 17 heavy (non-hydrogen) atoms. The molecule has 100 valence electrons. The molecular formula is C13H25NO3. The molecule has 0 spiro atoms. The predicted molar refractivity (Wildman–Crippen MR) is 65.7 cm³/mol. The Morgan fingerprint density at radius 3 is 2.53 bits per heavy atom. The second-order valence-corrected chi connectivity index (χ2v) is 5.28. The molecule has 0 heterocycles. The van der Waals surface area contributed by atoms with Crippen LogP contribution >= 0.6 is 0 Å². The van der Waals surface area contributed by atoms with Crippen LogP contribution in [-0.2, 0) is 9.53 Å². The number of carbonyl (C=O) groups is 1. The summed E-state index contributed by atoms with van der Waals surface area (Å²) in [6, 6.07) is 0.275. The van der Waals surface area contributed by atoms with Gasteiger partial charge in [0.25, 0.3) is 0 Å². The first-order valence-corrected chi connectivity index (χ1v) is 6.71. The molecule has 0 unspecified atom stereocenters. The summed E-state index contributed by atoms with van der Waals surface area (Å²) in [5.41, 5.74) is 2.35. The molecule has 0 aliphatic heterocycles. The number of rotatable bonds is 6. The van der Waals surface area contributed by atoms with Gasteiger partial charge in [-0.25, -0.2) is 5.48 Å². The van der Waals surface area contributed by atoms with Crippen LogP contribution in [0.2, 0.25) is 0 Å². The average Bonchev–Trinajstić information content (AvgIpc) is 2.29. The first kappa shape index (κ1) is 14.5. The molecule has 1 saturated carbocycles. The van der Waals surface area contributed by atoms with Gasteiger partial charge in [-0.1, -0.05) is 0 Å². The molecule has 1 aliphatic carbocycles. The fraction of sp³-hybridized carbons (Fsp3) is 0.923. The summed E-state index contributed by atoms with van der Waals surface area (Å²) in [5.74, 6) is 0.636. The predicted octanol–water partition coefficient (Wildman–Crippen LogP) is 2.65. The van der Waals surface area contributed by atoms with Crippen LogP contribution in [0.15, 0.2) is 0 Å². The van der Waals surface area contributed by atoms with Gasteiger partial charge in [0, 0.05) is 12.5 Å². The van der Waals surface area contributed by atoms with Crippen molar-refractivity contribution in [3.63, 3.8) is 0 Å². The highest BCUT2D eigenvalue weighted by atomic mass is 16.5. The smallest absolute Gasteiger partial charge is 0.306 e. The van der Waals surface area contributed by atoms with E-state index < -0.39 is 0 Å². The fourth-order valence-corrected chi connectivity index (χ4v) is 2.44. The summed E-state index contributed by atoms with van der Waals surface area (Å²) in [6.45, 7) is 3.75. The third-order valence-corrected chi connectivity index (χ3v) is 3.39. The molecule has 1 rings (SSSR count). The minimum absolute atomic E-state index is 0.00596. The van der Waals surface area contributed by atoms with Gasteiger partial charge in [0.05, 0.1) is 6.10 Å². The van der Waals surface area contributed by atoms with Crippen molar-refractivity contribution in [3.05, 3.63) is 0 Å². The molecule has 2 N–H and O–H groups in total. The van der Waals surface area contributed by atoms with Crippen molar-refractivity contribution in [2.24, 2.45) is 5.92 Å². The second-order valence-electron chi connectivity index (χ2n) is 5.28. The van der Waals surface area contributed by atoms with Gasteiger partial charge in [-0.05, 0) is 58.3 Å². The van der Waals surface area contributed by atoms with Crippen molar-refractivity contribution in [2.75, 3.05) is 0 Å². The Hall–Kier alpha value is -0.610. The SMILES string of the molecule is CC(C)OC(=O)CCCC1CCC(NO)CC1. The van der Waals surface area contributed by atoms with E-state index in [0.29, 0.717) is 12.3 Å². The zero-order valence-electron chi connectivity index (χ0n) is 10.9. The maximum atomic E-state index is 11.3. The molecule has 4 nitrogen and oxygen atoms in total. The topological polar surface area (TPSA) is 58.6 Å². The van der Waals surface area contributed by atoms with Crippen LogP contribution in [0.4, 0.5) is 0 Å². The Bertz CT molecular complexity index is 223. The standard InChI is InChI=1S/C13H25NO3/c1-10(2)17-13(15)5-3-4-11-6-8-12(14-16)9-7-11/h10-12,14,16H,3-9H2,1-2H3. The van der Waals surface area contributed by atoms with Gasteiger partial charge in [0.1, 0.15) is 0 Å². The zero-order chi connectivity index (χ0) is 12.7. The summed E-state index contributed by atoms with van der Waals surface area (Å²) < 4.78 is 5.09. The normalized spacial score (nSPS) is 24.9. The van der Waals surface area contributed by atoms with Crippen molar-refractivity contribution in [3.8, 4) is 0 Å². The number of nitrogens with one attached hydrogen (secondary N) is 1. The highest BCUT2D eigenvalue weighted by molar-refractivity contribution is 5.69. The molecule has 0 aromatic rings. The second kappa shape index (κ2) is 7.67. The number of ether oxygens (including phenoxy) is 1. The minimum atomic E-state index is -0.0780. The number of carbonyl (C=O) groups excluding carboxylic acids is 1. The summed E-state index contributed by atoms with van der Waals surface area (Å²) in [6.07, 6.45) is 6.94. The Morgan fingerprint density at radius 1 is 1.35 bits per heavy atom. The average molecular weight is 243 g/mol. The van der Waals surface area contributed by atoms with Crippen LogP contribution in [0.3, 0.4) is 0 Å². The van der Waals surface area contributed by atoms with E-state index in [1.54, 1.807) is 0 Å². The summed E-state index contributed by atoms with van der Waals surface area (Å²) in [5, 5.41) is 8.80. The van der Waals surface area contributed by atoms with Crippen molar-refractivity contribution in [2.45, 2.75) is 70.9 Å². The van der Waals surface area contributed by atoms with E-state index in [0.717, 1.165) is 38.5 Å². The van der Waals surface area contributed by atoms with Gasteiger partial charge in [-0.3, -0.25) is 4.79 Å². The van der Waals surface area contributed by atoms with E-state index in [1.807, 2.05) is 13.8 Å². The highest BCUT2D eigenvalue weighted by Crippen LogP contribution is 2.28. The Kier molecular flexibility index (Phi) is 6.52.